The van der Waals surface area contributed by atoms with E-state index in [1.807, 2.05) is 31.2 Å². The fourth-order valence-electron chi connectivity index (χ4n) is 1.69. The average Bonchev–Trinajstić information content (AvgIpc) is 2.46. The van der Waals surface area contributed by atoms with Gasteiger partial charge in [0.05, 0.1) is 11.5 Å². The summed E-state index contributed by atoms with van der Waals surface area (Å²) in [6.45, 7) is 2.72. The number of benzene rings is 1. The third-order valence-corrected chi connectivity index (χ3v) is 2.70. The minimum absolute atomic E-state index is 0.118. The van der Waals surface area contributed by atoms with Crippen molar-refractivity contribution in [3.63, 3.8) is 0 Å². The molecule has 0 saturated heterocycles. The molecule has 0 aliphatic carbocycles. The Morgan fingerprint density at radius 3 is 2.57 bits per heavy atom. The molecule has 21 heavy (non-hydrogen) atoms. The zero-order chi connectivity index (χ0) is 15.2. The minimum atomic E-state index is -0.564. The Morgan fingerprint density at radius 2 is 2.00 bits per heavy atom. The fourth-order valence-corrected chi connectivity index (χ4v) is 1.69. The number of nitrogen functional groups attached to an aromatic ring is 1. The van der Waals surface area contributed by atoms with Gasteiger partial charge in [0.2, 0.25) is 5.82 Å². The van der Waals surface area contributed by atoms with Crippen LogP contribution < -0.4 is 15.8 Å². The summed E-state index contributed by atoms with van der Waals surface area (Å²) in [5, 5.41) is 13.7. The summed E-state index contributed by atoms with van der Waals surface area (Å²) < 4.78 is 5.48. The van der Waals surface area contributed by atoms with Crippen LogP contribution in [0.1, 0.15) is 13.3 Å². The number of ether oxygens (including phenoxy) is 1. The van der Waals surface area contributed by atoms with Crippen molar-refractivity contribution in [2.45, 2.75) is 13.3 Å². The minimum Gasteiger partial charge on any atom is -0.494 e. The average molecular weight is 288 g/mol. The van der Waals surface area contributed by atoms with Crippen LogP contribution in [0.3, 0.4) is 0 Å². The highest BCUT2D eigenvalue weighted by atomic mass is 16.6. The predicted molar refractivity (Wildman–Crippen MR) is 80.8 cm³/mol. The van der Waals surface area contributed by atoms with Gasteiger partial charge in [0.15, 0.2) is 0 Å². The van der Waals surface area contributed by atoms with Crippen LogP contribution in [0, 0.1) is 10.1 Å². The Labute approximate surface area is 121 Å². The molecule has 0 fully saturated rings. The van der Waals surface area contributed by atoms with E-state index in [4.69, 9.17) is 10.5 Å². The molecule has 7 heteroatoms. The summed E-state index contributed by atoms with van der Waals surface area (Å²) in [5.74, 6) is 1.12. The number of aromatic nitrogens is 1. The van der Waals surface area contributed by atoms with Crippen LogP contribution in [0.4, 0.5) is 23.0 Å². The molecule has 0 bridgehead atoms. The molecule has 0 atom stereocenters. The highest BCUT2D eigenvalue weighted by Crippen LogP contribution is 2.24. The van der Waals surface area contributed by atoms with Crippen molar-refractivity contribution < 1.29 is 9.66 Å². The standard InChI is InChI=1S/C14H16N4O3/c1-2-9-21-11-5-3-10(4-6-11)16-13-8-7-12(18(19)20)14(15)17-13/h3-8H,2,9H2,1H3,(H3,15,16,17). The van der Waals surface area contributed by atoms with Crippen molar-refractivity contribution in [2.75, 3.05) is 17.7 Å². The fraction of sp³-hybridized carbons (Fsp3) is 0.214. The highest BCUT2D eigenvalue weighted by Gasteiger charge is 2.12. The van der Waals surface area contributed by atoms with Crippen molar-refractivity contribution in [2.24, 2.45) is 0 Å². The summed E-state index contributed by atoms with van der Waals surface area (Å²) in [6, 6.07) is 10.2. The van der Waals surface area contributed by atoms with Gasteiger partial charge >= 0.3 is 5.69 Å². The first-order valence-corrected chi connectivity index (χ1v) is 6.51. The lowest BCUT2D eigenvalue weighted by atomic mass is 10.3. The molecular weight excluding hydrogens is 272 g/mol. The molecule has 1 heterocycles. The Morgan fingerprint density at radius 1 is 1.29 bits per heavy atom. The van der Waals surface area contributed by atoms with E-state index in [0.717, 1.165) is 17.9 Å². The Bertz CT molecular complexity index is 629. The predicted octanol–water partition coefficient (Wildman–Crippen LogP) is 3.10. The number of nitrogens with two attached hydrogens (primary N) is 1. The first kappa shape index (κ1) is 14.6. The first-order valence-electron chi connectivity index (χ1n) is 6.51. The molecule has 0 unspecified atom stereocenters. The zero-order valence-electron chi connectivity index (χ0n) is 11.6. The summed E-state index contributed by atoms with van der Waals surface area (Å²) in [6.07, 6.45) is 0.950. The van der Waals surface area contributed by atoms with Crippen molar-refractivity contribution in [3.8, 4) is 5.75 Å². The Hall–Kier alpha value is -2.83. The maximum Gasteiger partial charge on any atom is 0.311 e. The van der Waals surface area contributed by atoms with Crippen molar-refractivity contribution >= 4 is 23.0 Å². The molecule has 0 spiro atoms. The summed E-state index contributed by atoms with van der Waals surface area (Å²) in [5.41, 5.74) is 6.13. The van der Waals surface area contributed by atoms with Gasteiger partial charge in [-0.25, -0.2) is 4.98 Å². The number of nitrogens with one attached hydrogen (secondary N) is 1. The molecule has 110 valence electrons. The first-order chi connectivity index (χ1) is 10.1. The van der Waals surface area contributed by atoms with Crippen LogP contribution in [-0.2, 0) is 0 Å². The van der Waals surface area contributed by atoms with E-state index in [1.54, 1.807) is 0 Å². The summed E-state index contributed by atoms with van der Waals surface area (Å²) in [4.78, 5) is 14.1. The topological polar surface area (TPSA) is 103 Å². The van der Waals surface area contributed by atoms with E-state index in [0.29, 0.717) is 12.4 Å². The van der Waals surface area contributed by atoms with Crippen molar-refractivity contribution in [3.05, 3.63) is 46.5 Å². The van der Waals surface area contributed by atoms with Gasteiger partial charge < -0.3 is 15.8 Å². The van der Waals surface area contributed by atoms with Gasteiger partial charge in [-0.3, -0.25) is 10.1 Å². The third-order valence-electron chi connectivity index (χ3n) is 2.70. The van der Waals surface area contributed by atoms with E-state index < -0.39 is 4.92 Å². The molecular formula is C14H16N4O3. The summed E-state index contributed by atoms with van der Waals surface area (Å²) >= 11 is 0. The number of anilines is 3. The van der Waals surface area contributed by atoms with Crippen LogP contribution in [-0.4, -0.2) is 16.5 Å². The second-order valence-electron chi connectivity index (χ2n) is 4.36. The van der Waals surface area contributed by atoms with E-state index >= 15 is 0 Å². The van der Waals surface area contributed by atoms with E-state index in [9.17, 15) is 10.1 Å². The molecule has 7 nitrogen and oxygen atoms in total. The number of pyridine rings is 1. The lowest BCUT2D eigenvalue weighted by molar-refractivity contribution is -0.384. The monoisotopic (exact) mass is 288 g/mol. The normalized spacial score (nSPS) is 10.1. The number of hydrogen-bond donors (Lipinski definition) is 2. The molecule has 3 N–H and O–H groups in total. The maximum atomic E-state index is 10.7. The van der Waals surface area contributed by atoms with E-state index in [-0.39, 0.29) is 11.5 Å². The number of hydrogen-bond acceptors (Lipinski definition) is 6. The number of nitro groups is 1. The van der Waals surface area contributed by atoms with Crippen LogP contribution in [0.15, 0.2) is 36.4 Å². The second kappa shape index (κ2) is 6.56. The van der Waals surface area contributed by atoms with Gasteiger partial charge in [-0.1, -0.05) is 6.92 Å². The van der Waals surface area contributed by atoms with Gasteiger partial charge in [0, 0.05) is 11.8 Å². The van der Waals surface area contributed by atoms with Gasteiger partial charge in [-0.05, 0) is 36.8 Å². The quantitative estimate of drug-likeness (QED) is 0.625. The molecule has 0 aliphatic heterocycles. The molecule has 2 aromatic rings. The molecule has 0 radical (unpaired) electrons. The Kier molecular flexibility index (Phi) is 4.55. The van der Waals surface area contributed by atoms with Gasteiger partial charge in [-0.2, -0.15) is 0 Å². The molecule has 0 amide bonds. The third kappa shape index (κ3) is 3.82. The van der Waals surface area contributed by atoms with Crippen LogP contribution in [0.5, 0.6) is 5.75 Å². The van der Waals surface area contributed by atoms with Crippen LogP contribution in [0.25, 0.3) is 0 Å². The Balaban J connectivity index is 2.07. The van der Waals surface area contributed by atoms with Gasteiger partial charge in [0.1, 0.15) is 11.6 Å². The highest BCUT2D eigenvalue weighted by molar-refractivity contribution is 5.62. The SMILES string of the molecule is CCCOc1ccc(Nc2ccc([N+](=O)[O-])c(N)n2)cc1. The second-order valence-corrected chi connectivity index (χ2v) is 4.36. The number of rotatable bonds is 6. The van der Waals surface area contributed by atoms with E-state index in [1.165, 1.54) is 12.1 Å². The van der Waals surface area contributed by atoms with Gasteiger partial charge in [0.25, 0.3) is 0 Å². The molecule has 1 aromatic heterocycles. The van der Waals surface area contributed by atoms with Crippen molar-refractivity contribution in [1.29, 1.82) is 0 Å². The largest absolute Gasteiger partial charge is 0.494 e. The molecule has 1 aromatic carbocycles. The molecule has 0 aliphatic rings. The smallest absolute Gasteiger partial charge is 0.311 e. The molecule has 0 saturated carbocycles. The molecule has 2 rings (SSSR count). The van der Waals surface area contributed by atoms with Gasteiger partial charge in [-0.15, -0.1) is 0 Å². The maximum absolute atomic E-state index is 10.7. The summed E-state index contributed by atoms with van der Waals surface area (Å²) in [7, 11) is 0. The lowest BCUT2D eigenvalue weighted by Gasteiger charge is -2.08. The van der Waals surface area contributed by atoms with Crippen LogP contribution in [0.2, 0.25) is 0 Å². The number of nitrogens with zero attached hydrogens (tertiary/aromatic N) is 2. The zero-order valence-corrected chi connectivity index (χ0v) is 11.6. The van der Waals surface area contributed by atoms with Crippen molar-refractivity contribution in [1.82, 2.24) is 4.98 Å². The van der Waals surface area contributed by atoms with Crippen LogP contribution >= 0.6 is 0 Å². The lowest BCUT2D eigenvalue weighted by Crippen LogP contribution is -2.01. The van der Waals surface area contributed by atoms with E-state index in [2.05, 4.69) is 10.3 Å².